The van der Waals surface area contributed by atoms with E-state index < -0.39 is 18.6 Å². The average molecular weight is 272 g/mol. The molecule has 0 bridgehead atoms. The van der Waals surface area contributed by atoms with Crippen LogP contribution < -0.4 is 5.73 Å². The third kappa shape index (κ3) is 3.19. The minimum atomic E-state index is -4.38. The first kappa shape index (κ1) is 13.7. The van der Waals surface area contributed by atoms with E-state index in [1.54, 1.807) is 19.1 Å². The van der Waals surface area contributed by atoms with Crippen LogP contribution in [0.3, 0.4) is 0 Å². The minimum Gasteiger partial charge on any atom is -0.398 e. The van der Waals surface area contributed by atoms with Gasteiger partial charge in [0.25, 0.3) is 5.91 Å². The fourth-order valence-corrected chi connectivity index (χ4v) is 1.99. The summed E-state index contributed by atoms with van der Waals surface area (Å²) in [6, 6.07) is 4.42. The molecule has 0 atom stereocenters. The summed E-state index contributed by atoms with van der Waals surface area (Å²) in [6.45, 7) is 0.436. The first-order chi connectivity index (χ1) is 8.79. The molecule has 0 radical (unpaired) electrons. The molecule has 1 amide bonds. The smallest absolute Gasteiger partial charge is 0.398 e. The van der Waals surface area contributed by atoms with E-state index in [1.807, 2.05) is 0 Å². The summed E-state index contributed by atoms with van der Waals surface area (Å²) in [7, 11) is 0. The van der Waals surface area contributed by atoms with Crippen molar-refractivity contribution in [2.75, 3.05) is 12.3 Å². The third-order valence-corrected chi connectivity index (χ3v) is 3.20. The lowest BCUT2D eigenvalue weighted by Crippen LogP contribution is -2.40. The van der Waals surface area contributed by atoms with Crippen LogP contribution >= 0.6 is 0 Å². The molecule has 1 saturated carbocycles. The zero-order valence-electron chi connectivity index (χ0n) is 10.5. The van der Waals surface area contributed by atoms with E-state index in [-0.39, 0.29) is 11.6 Å². The van der Waals surface area contributed by atoms with Gasteiger partial charge in [-0.15, -0.1) is 0 Å². The standard InChI is InChI=1S/C13H15F3N2O/c1-8-10(3-2-4-11(8)17)12(19)18(9-5-6-9)7-13(14,15)16/h2-4,9H,5-7,17H2,1H3. The fourth-order valence-electron chi connectivity index (χ4n) is 1.99. The molecule has 19 heavy (non-hydrogen) atoms. The lowest BCUT2D eigenvalue weighted by Gasteiger charge is -2.24. The Bertz CT molecular complexity index is 495. The van der Waals surface area contributed by atoms with Crippen molar-refractivity contribution in [1.82, 2.24) is 4.90 Å². The lowest BCUT2D eigenvalue weighted by atomic mass is 10.1. The van der Waals surface area contributed by atoms with Crippen LogP contribution in [0.1, 0.15) is 28.8 Å². The summed E-state index contributed by atoms with van der Waals surface area (Å²) in [5.41, 5.74) is 6.87. The molecule has 1 fully saturated rings. The van der Waals surface area contributed by atoms with Crippen LogP contribution in [-0.4, -0.2) is 29.6 Å². The summed E-state index contributed by atoms with van der Waals surface area (Å²) in [4.78, 5) is 13.2. The Labute approximate surface area is 109 Å². The molecule has 1 aliphatic carbocycles. The second-order valence-electron chi connectivity index (χ2n) is 4.80. The van der Waals surface area contributed by atoms with Gasteiger partial charge in [-0.25, -0.2) is 0 Å². The van der Waals surface area contributed by atoms with E-state index in [0.717, 1.165) is 4.90 Å². The number of carbonyl (C=O) groups excluding carboxylic acids is 1. The molecule has 0 unspecified atom stereocenters. The Morgan fingerprint density at radius 2 is 2.05 bits per heavy atom. The van der Waals surface area contributed by atoms with Crippen molar-refractivity contribution in [2.24, 2.45) is 0 Å². The van der Waals surface area contributed by atoms with Crippen LogP contribution in [0.2, 0.25) is 0 Å². The number of alkyl halides is 3. The highest BCUT2D eigenvalue weighted by Crippen LogP contribution is 2.32. The van der Waals surface area contributed by atoms with Crippen LogP contribution in [0.5, 0.6) is 0 Å². The highest BCUT2D eigenvalue weighted by atomic mass is 19.4. The van der Waals surface area contributed by atoms with Gasteiger partial charge in [-0.2, -0.15) is 13.2 Å². The molecule has 2 rings (SSSR count). The molecule has 104 valence electrons. The van der Waals surface area contributed by atoms with Crippen LogP contribution in [0.25, 0.3) is 0 Å². The number of hydrogen-bond acceptors (Lipinski definition) is 2. The van der Waals surface area contributed by atoms with Crippen molar-refractivity contribution in [1.29, 1.82) is 0 Å². The number of anilines is 1. The number of hydrogen-bond donors (Lipinski definition) is 1. The fraction of sp³-hybridized carbons (Fsp3) is 0.462. The lowest BCUT2D eigenvalue weighted by molar-refractivity contribution is -0.141. The monoisotopic (exact) mass is 272 g/mol. The summed E-state index contributed by atoms with van der Waals surface area (Å²) in [5, 5.41) is 0. The molecule has 0 aromatic heterocycles. The molecule has 0 aliphatic heterocycles. The van der Waals surface area contributed by atoms with Gasteiger partial charge in [-0.3, -0.25) is 4.79 Å². The predicted octanol–water partition coefficient (Wildman–Crippen LogP) is 2.74. The van der Waals surface area contributed by atoms with E-state index in [9.17, 15) is 18.0 Å². The number of halogens is 3. The van der Waals surface area contributed by atoms with Gasteiger partial charge in [0.1, 0.15) is 6.54 Å². The molecular formula is C13H15F3N2O. The Morgan fingerprint density at radius 1 is 1.42 bits per heavy atom. The number of nitrogens with two attached hydrogens (primary N) is 1. The molecule has 2 N–H and O–H groups in total. The van der Waals surface area contributed by atoms with Gasteiger partial charge in [-0.1, -0.05) is 6.07 Å². The van der Waals surface area contributed by atoms with E-state index in [4.69, 9.17) is 5.73 Å². The summed E-state index contributed by atoms with van der Waals surface area (Å²) in [6.07, 6.45) is -3.13. The van der Waals surface area contributed by atoms with E-state index in [2.05, 4.69) is 0 Å². The van der Waals surface area contributed by atoms with Crippen LogP contribution in [-0.2, 0) is 0 Å². The molecule has 1 aliphatic rings. The maximum atomic E-state index is 12.5. The Balaban J connectivity index is 2.27. The largest absolute Gasteiger partial charge is 0.406 e. The zero-order chi connectivity index (χ0) is 14.2. The normalized spacial score (nSPS) is 15.4. The highest BCUT2D eigenvalue weighted by Gasteiger charge is 2.41. The van der Waals surface area contributed by atoms with Crippen molar-refractivity contribution in [3.63, 3.8) is 0 Å². The first-order valence-corrected chi connectivity index (χ1v) is 6.02. The molecule has 1 aromatic rings. The molecule has 0 saturated heterocycles. The van der Waals surface area contributed by atoms with E-state index >= 15 is 0 Å². The van der Waals surface area contributed by atoms with E-state index in [0.29, 0.717) is 24.1 Å². The summed E-state index contributed by atoms with van der Waals surface area (Å²) >= 11 is 0. The van der Waals surface area contributed by atoms with Crippen LogP contribution in [0.15, 0.2) is 18.2 Å². The van der Waals surface area contributed by atoms with Gasteiger partial charge in [0.2, 0.25) is 0 Å². The van der Waals surface area contributed by atoms with Gasteiger partial charge in [0, 0.05) is 17.3 Å². The number of nitrogen functional groups attached to an aromatic ring is 1. The second kappa shape index (κ2) is 4.75. The van der Waals surface area contributed by atoms with Crippen molar-refractivity contribution in [2.45, 2.75) is 32.0 Å². The Kier molecular flexibility index (Phi) is 3.43. The first-order valence-electron chi connectivity index (χ1n) is 6.02. The van der Waals surface area contributed by atoms with Gasteiger partial charge in [-0.05, 0) is 37.5 Å². The predicted molar refractivity (Wildman–Crippen MR) is 65.7 cm³/mol. The molecular weight excluding hydrogens is 257 g/mol. The van der Waals surface area contributed by atoms with Crippen molar-refractivity contribution >= 4 is 11.6 Å². The number of benzene rings is 1. The third-order valence-electron chi connectivity index (χ3n) is 3.20. The molecule has 0 heterocycles. The molecule has 1 aromatic carbocycles. The van der Waals surface area contributed by atoms with Gasteiger partial charge in [0.05, 0.1) is 0 Å². The Hall–Kier alpha value is -1.72. The SMILES string of the molecule is Cc1c(N)cccc1C(=O)N(CC(F)(F)F)C1CC1. The highest BCUT2D eigenvalue weighted by molar-refractivity contribution is 5.97. The number of carbonyl (C=O) groups is 1. The van der Waals surface area contributed by atoms with Crippen LogP contribution in [0, 0.1) is 6.92 Å². The van der Waals surface area contributed by atoms with Crippen molar-refractivity contribution in [3.05, 3.63) is 29.3 Å². The summed E-state index contributed by atoms with van der Waals surface area (Å²) in [5.74, 6) is -0.593. The second-order valence-corrected chi connectivity index (χ2v) is 4.80. The Morgan fingerprint density at radius 3 is 2.58 bits per heavy atom. The van der Waals surface area contributed by atoms with Crippen molar-refractivity contribution in [3.8, 4) is 0 Å². The molecule has 3 nitrogen and oxygen atoms in total. The number of nitrogens with zero attached hydrogens (tertiary/aromatic N) is 1. The topological polar surface area (TPSA) is 46.3 Å². The zero-order valence-corrected chi connectivity index (χ0v) is 10.5. The molecule has 6 heteroatoms. The van der Waals surface area contributed by atoms with Gasteiger partial charge < -0.3 is 10.6 Å². The average Bonchev–Trinajstić information content (AvgIpc) is 3.12. The maximum absolute atomic E-state index is 12.5. The molecule has 0 spiro atoms. The van der Waals surface area contributed by atoms with Gasteiger partial charge in [0.15, 0.2) is 0 Å². The number of amides is 1. The van der Waals surface area contributed by atoms with Crippen LogP contribution in [0.4, 0.5) is 18.9 Å². The van der Waals surface area contributed by atoms with Gasteiger partial charge >= 0.3 is 6.18 Å². The van der Waals surface area contributed by atoms with Crippen molar-refractivity contribution < 1.29 is 18.0 Å². The maximum Gasteiger partial charge on any atom is 0.406 e. The quantitative estimate of drug-likeness (QED) is 0.860. The van der Waals surface area contributed by atoms with E-state index in [1.165, 1.54) is 6.07 Å². The number of rotatable bonds is 3. The minimum absolute atomic E-state index is 0.246. The summed E-state index contributed by atoms with van der Waals surface area (Å²) < 4.78 is 37.6.